The molecule has 3 atom stereocenters. The molecule has 1 saturated carbocycles. The summed E-state index contributed by atoms with van der Waals surface area (Å²) in [5, 5.41) is 3.27. The molecule has 0 radical (unpaired) electrons. The molecule has 3 unspecified atom stereocenters. The van der Waals surface area contributed by atoms with Crippen molar-refractivity contribution in [3.05, 3.63) is 65.6 Å². The van der Waals surface area contributed by atoms with Crippen molar-refractivity contribution in [3.63, 3.8) is 0 Å². The fourth-order valence-corrected chi connectivity index (χ4v) is 4.88. The summed E-state index contributed by atoms with van der Waals surface area (Å²) in [5.74, 6) is 0.582. The molecule has 0 aromatic carbocycles. The molecule has 0 spiro atoms. The minimum absolute atomic E-state index is 0.0531. The highest BCUT2D eigenvalue weighted by atomic mass is 19.1. The molecule has 6 rings (SSSR count). The van der Waals surface area contributed by atoms with Crippen molar-refractivity contribution < 1.29 is 9.18 Å². The Morgan fingerprint density at radius 2 is 1.81 bits per heavy atom. The quantitative estimate of drug-likeness (QED) is 0.675. The number of aromatic nitrogens is 4. The summed E-state index contributed by atoms with van der Waals surface area (Å²) in [6.07, 6.45) is 9.48. The number of halogens is 1. The molecule has 5 heterocycles. The van der Waals surface area contributed by atoms with Crippen LogP contribution in [0.15, 0.2) is 43.0 Å². The zero-order valence-corrected chi connectivity index (χ0v) is 18.1. The summed E-state index contributed by atoms with van der Waals surface area (Å²) < 4.78 is 14.4. The Hall–Kier alpha value is -3.42. The average Bonchev–Trinajstić information content (AvgIpc) is 2.81. The number of carbonyl (C=O) groups is 1. The Kier molecular flexibility index (Phi) is 5.28. The van der Waals surface area contributed by atoms with Gasteiger partial charge in [-0.2, -0.15) is 0 Å². The normalized spacial score (nSPS) is 22.1. The molecule has 164 valence electrons. The van der Waals surface area contributed by atoms with Gasteiger partial charge in [0.25, 0.3) is 5.91 Å². The number of nitrogens with one attached hydrogen (secondary N) is 1. The monoisotopic (exact) mass is 432 g/mol. The molecule has 3 aromatic heterocycles. The van der Waals surface area contributed by atoms with Crippen molar-refractivity contribution in [3.8, 4) is 11.4 Å². The van der Waals surface area contributed by atoms with Gasteiger partial charge in [0.15, 0.2) is 17.5 Å². The van der Waals surface area contributed by atoms with Crippen LogP contribution in [-0.2, 0) is 0 Å². The van der Waals surface area contributed by atoms with Gasteiger partial charge >= 0.3 is 0 Å². The second-order valence-electron chi connectivity index (χ2n) is 8.78. The molecule has 8 heteroatoms. The van der Waals surface area contributed by atoms with Crippen LogP contribution in [0.4, 0.5) is 10.2 Å². The predicted molar refractivity (Wildman–Crippen MR) is 119 cm³/mol. The highest BCUT2D eigenvalue weighted by Crippen LogP contribution is 2.38. The zero-order chi connectivity index (χ0) is 22.2. The third kappa shape index (κ3) is 3.81. The van der Waals surface area contributed by atoms with Crippen LogP contribution in [0, 0.1) is 25.6 Å². The summed E-state index contributed by atoms with van der Waals surface area (Å²) >= 11 is 0. The fraction of sp³-hybridized carbons (Fsp3) is 0.375. The third-order valence-corrected chi connectivity index (χ3v) is 6.37. The Morgan fingerprint density at radius 1 is 1.06 bits per heavy atom. The molecule has 3 aromatic rings. The van der Waals surface area contributed by atoms with E-state index in [9.17, 15) is 9.18 Å². The molecular weight excluding hydrogens is 407 g/mol. The summed E-state index contributed by atoms with van der Waals surface area (Å²) in [5.41, 5.74) is 2.70. The van der Waals surface area contributed by atoms with Crippen molar-refractivity contribution in [2.75, 3.05) is 11.9 Å². The first kappa shape index (κ1) is 20.5. The van der Waals surface area contributed by atoms with Gasteiger partial charge in [-0.05, 0) is 68.4 Å². The Labute approximate surface area is 186 Å². The van der Waals surface area contributed by atoms with Crippen molar-refractivity contribution in [2.24, 2.45) is 5.92 Å². The van der Waals surface area contributed by atoms with E-state index in [4.69, 9.17) is 0 Å². The molecule has 7 nitrogen and oxygen atoms in total. The van der Waals surface area contributed by atoms with Crippen molar-refractivity contribution >= 4 is 11.7 Å². The Balaban J connectivity index is 1.45. The van der Waals surface area contributed by atoms with E-state index in [2.05, 4.69) is 25.3 Å². The largest absolute Gasteiger partial charge is 0.363 e. The molecule has 1 amide bonds. The number of hydrogen-bond donors (Lipinski definition) is 1. The molecule has 2 bridgehead atoms. The Morgan fingerprint density at radius 3 is 2.56 bits per heavy atom. The van der Waals surface area contributed by atoms with Crippen LogP contribution in [0.5, 0.6) is 0 Å². The van der Waals surface area contributed by atoms with Crippen LogP contribution in [0.25, 0.3) is 11.4 Å². The van der Waals surface area contributed by atoms with Crippen LogP contribution in [-0.4, -0.2) is 49.4 Å². The first-order valence-electron chi connectivity index (χ1n) is 10.9. The lowest BCUT2D eigenvalue weighted by Crippen LogP contribution is -2.60. The minimum Gasteiger partial charge on any atom is -0.363 e. The maximum absolute atomic E-state index is 14.4. The van der Waals surface area contributed by atoms with E-state index in [1.165, 1.54) is 6.07 Å². The van der Waals surface area contributed by atoms with Crippen LogP contribution in [0.2, 0.25) is 0 Å². The number of fused-ring (bicyclic) bond motifs is 3. The lowest BCUT2D eigenvalue weighted by molar-refractivity contribution is 0.0277. The molecule has 3 fully saturated rings. The van der Waals surface area contributed by atoms with Crippen LogP contribution in [0.1, 0.15) is 40.9 Å². The van der Waals surface area contributed by atoms with Gasteiger partial charge in [-0.1, -0.05) is 0 Å². The number of amides is 1. The fourth-order valence-electron chi connectivity index (χ4n) is 4.88. The first-order chi connectivity index (χ1) is 15.5. The molecule has 32 heavy (non-hydrogen) atoms. The maximum atomic E-state index is 14.4. The summed E-state index contributed by atoms with van der Waals surface area (Å²) in [7, 11) is 0. The third-order valence-electron chi connectivity index (χ3n) is 6.37. The van der Waals surface area contributed by atoms with Gasteiger partial charge in [-0.3, -0.25) is 9.78 Å². The molecule has 2 saturated heterocycles. The van der Waals surface area contributed by atoms with E-state index in [0.29, 0.717) is 29.5 Å². The highest BCUT2D eigenvalue weighted by Gasteiger charge is 2.44. The molecule has 1 aliphatic carbocycles. The zero-order valence-electron chi connectivity index (χ0n) is 18.1. The number of aryl methyl sites for hydroxylation is 2. The van der Waals surface area contributed by atoms with E-state index in [1.54, 1.807) is 30.9 Å². The lowest BCUT2D eigenvalue weighted by Gasteiger charge is -2.50. The topological polar surface area (TPSA) is 83.9 Å². The van der Waals surface area contributed by atoms with E-state index in [1.807, 2.05) is 24.8 Å². The van der Waals surface area contributed by atoms with Gasteiger partial charge in [0.2, 0.25) is 0 Å². The van der Waals surface area contributed by atoms with Gasteiger partial charge in [0.05, 0.1) is 11.6 Å². The van der Waals surface area contributed by atoms with Gasteiger partial charge in [-0.25, -0.2) is 19.3 Å². The van der Waals surface area contributed by atoms with Crippen molar-refractivity contribution in [2.45, 2.75) is 45.2 Å². The number of anilines is 1. The summed E-state index contributed by atoms with van der Waals surface area (Å²) in [6.45, 7) is 4.42. The van der Waals surface area contributed by atoms with Gasteiger partial charge < -0.3 is 10.2 Å². The molecular formula is C24H25FN6O. The SMILES string of the molecule is Cc1cnc(NC2CC3CCC2N(C(=O)c2ncc(C)cc2-c2ncccn2)C3)c(F)c1. The first-order valence-corrected chi connectivity index (χ1v) is 10.9. The lowest BCUT2D eigenvalue weighted by atomic mass is 9.76. The average molecular weight is 433 g/mol. The number of piperidine rings is 2. The Bertz CT molecular complexity index is 1150. The number of pyridine rings is 2. The summed E-state index contributed by atoms with van der Waals surface area (Å²) in [4.78, 5) is 33.0. The molecule has 1 N–H and O–H groups in total. The number of carbonyl (C=O) groups excluding carboxylic acids is 1. The molecule has 3 aliphatic rings. The number of hydrogen-bond acceptors (Lipinski definition) is 6. The number of nitrogens with zero attached hydrogens (tertiary/aromatic N) is 5. The van der Waals surface area contributed by atoms with E-state index in [0.717, 1.165) is 30.4 Å². The predicted octanol–water partition coefficient (Wildman–Crippen LogP) is 3.79. The minimum atomic E-state index is -0.368. The van der Waals surface area contributed by atoms with E-state index in [-0.39, 0.29) is 29.6 Å². The number of rotatable bonds is 4. The van der Waals surface area contributed by atoms with Crippen molar-refractivity contribution in [1.29, 1.82) is 0 Å². The van der Waals surface area contributed by atoms with Gasteiger partial charge in [-0.15, -0.1) is 0 Å². The van der Waals surface area contributed by atoms with Crippen LogP contribution < -0.4 is 5.32 Å². The van der Waals surface area contributed by atoms with Crippen molar-refractivity contribution in [1.82, 2.24) is 24.8 Å². The second kappa shape index (κ2) is 8.26. The summed E-state index contributed by atoms with van der Waals surface area (Å²) in [6, 6.07) is 5.01. The van der Waals surface area contributed by atoms with Crippen LogP contribution in [0.3, 0.4) is 0 Å². The second-order valence-corrected chi connectivity index (χ2v) is 8.78. The maximum Gasteiger partial charge on any atom is 0.273 e. The van der Waals surface area contributed by atoms with Gasteiger partial charge in [0, 0.05) is 37.4 Å². The smallest absolute Gasteiger partial charge is 0.273 e. The van der Waals surface area contributed by atoms with Crippen LogP contribution >= 0.6 is 0 Å². The molecule has 2 aliphatic heterocycles. The van der Waals surface area contributed by atoms with E-state index < -0.39 is 0 Å². The van der Waals surface area contributed by atoms with E-state index >= 15 is 0 Å². The highest BCUT2D eigenvalue weighted by molar-refractivity contribution is 5.98. The standard InChI is InChI=1S/C24H25FN6O/c1-14-8-17(22-26-6-3-7-27-22)21(28-11-14)24(32)31-13-16-4-5-20(31)19(10-16)30-23-18(25)9-15(2)12-29-23/h3,6-9,11-12,16,19-20H,4-5,10,13H2,1-2H3,(H,29,30). The van der Waals surface area contributed by atoms with Gasteiger partial charge in [0.1, 0.15) is 5.69 Å².